The Bertz CT molecular complexity index is 1270. The Morgan fingerprint density at radius 3 is 2.15 bits per heavy atom. The third kappa shape index (κ3) is 4.27. The second kappa shape index (κ2) is 8.94. The van der Waals surface area contributed by atoms with Gasteiger partial charge in [0.1, 0.15) is 11.4 Å². The molecule has 3 aromatic carbocycles. The molecule has 5 heteroatoms. The number of nitrogens with one attached hydrogen (secondary N) is 1. The highest BCUT2D eigenvalue weighted by Gasteiger charge is 2.40. The highest BCUT2D eigenvalue weighted by atomic mass is 16.5. The van der Waals surface area contributed by atoms with Gasteiger partial charge in [-0.15, -0.1) is 0 Å². The van der Waals surface area contributed by atoms with Gasteiger partial charge in [-0.25, -0.2) is 4.90 Å². The van der Waals surface area contributed by atoms with Crippen LogP contribution in [0.4, 0.5) is 11.4 Å². The molecule has 4 rings (SSSR count). The van der Waals surface area contributed by atoms with Gasteiger partial charge in [0.25, 0.3) is 11.8 Å². The minimum absolute atomic E-state index is 0.273. The number of imide groups is 1. The first kappa shape index (κ1) is 22.3. The largest absolute Gasteiger partial charge is 0.494 e. The van der Waals surface area contributed by atoms with Gasteiger partial charge in [0.2, 0.25) is 0 Å². The quantitative estimate of drug-likeness (QED) is 0.499. The molecule has 0 atom stereocenters. The Balaban J connectivity index is 1.81. The SMILES string of the molecule is CCOc1ccc(NC2=C(c3ccc(C)cc3C)C(=O)N(c3ccc(C)c(C)c3)C2=O)cc1. The zero-order chi connectivity index (χ0) is 23.7. The lowest BCUT2D eigenvalue weighted by Crippen LogP contribution is -2.32. The highest BCUT2D eigenvalue weighted by molar-refractivity contribution is 6.46. The number of carbonyl (C=O) groups is 2. The summed E-state index contributed by atoms with van der Waals surface area (Å²) in [4.78, 5) is 28.5. The second-order valence-electron chi connectivity index (χ2n) is 8.37. The maximum Gasteiger partial charge on any atom is 0.282 e. The normalized spacial score (nSPS) is 13.7. The summed E-state index contributed by atoms with van der Waals surface area (Å²) in [5.74, 6) is 0.0490. The molecule has 33 heavy (non-hydrogen) atoms. The Morgan fingerprint density at radius 2 is 1.52 bits per heavy atom. The summed E-state index contributed by atoms with van der Waals surface area (Å²) in [6.45, 7) is 10.4. The molecule has 0 unspecified atom stereocenters. The van der Waals surface area contributed by atoms with Crippen LogP contribution in [0.5, 0.6) is 5.75 Å². The molecule has 5 nitrogen and oxygen atoms in total. The van der Waals surface area contributed by atoms with Gasteiger partial charge < -0.3 is 10.1 Å². The van der Waals surface area contributed by atoms with Crippen LogP contribution < -0.4 is 15.0 Å². The maximum absolute atomic E-state index is 13.7. The first-order valence-corrected chi connectivity index (χ1v) is 11.1. The van der Waals surface area contributed by atoms with Crippen molar-refractivity contribution in [3.63, 3.8) is 0 Å². The van der Waals surface area contributed by atoms with E-state index in [1.807, 2.05) is 95.3 Å². The van der Waals surface area contributed by atoms with Gasteiger partial charge in [0.05, 0.1) is 17.9 Å². The molecule has 0 fully saturated rings. The molecule has 168 valence electrons. The minimum atomic E-state index is -0.368. The predicted molar refractivity (Wildman–Crippen MR) is 132 cm³/mol. The van der Waals surface area contributed by atoms with Crippen molar-refractivity contribution in [1.82, 2.24) is 0 Å². The molecule has 0 saturated carbocycles. The lowest BCUT2D eigenvalue weighted by atomic mass is 9.97. The Morgan fingerprint density at radius 1 is 0.788 bits per heavy atom. The zero-order valence-corrected chi connectivity index (χ0v) is 19.7. The van der Waals surface area contributed by atoms with Gasteiger partial charge >= 0.3 is 0 Å². The van der Waals surface area contributed by atoms with Crippen LogP contribution in [-0.2, 0) is 9.59 Å². The molecule has 0 aliphatic carbocycles. The molecule has 0 saturated heterocycles. The molecular weight excluding hydrogens is 412 g/mol. The predicted octanol–water partition coefficient (Wildman–Crippen LogP) is 5.72. The fraction of sp³-hybridized carbons (Fsp3) is 0.214. The summed E-state index contributed by atoms with van der Waals surface area (Å²) >= 11 is 0. The molecule has 1 aliphatic rings. The number of anilines is 2. The third-order valence-corrected chi connectivity index (χ3v) is 5.92. The van der Waals surface area contributed by atoms with E-state index in [-0.39, 0.29) is 17.5 Å². The van der Waals surface area contributed by atoms with Crippen molar-refractivity contribution in [2.75, 3.05) is 16.8 Å². The van der Waals surface area contributed by atoms with Crippen molar-refractivity contribution in [3.05, 3.63) is 94.2 Å². The summed E-state index contributed by atoms with van der Waals surface area (Å²) in [7, 11) is 0. The third-order valence-electron chi connectivity index (χ3n) is 5.92. The van der Waals surface area contributed by atoms with Crippen molar-refractivity contribution in [2.45, 2.75) is 34.6 Å². The molecule has 0 spiro atoms. The number of aryl methyl sites for hydroxylation is 4. The van der Waals surface area contributed by atoms with E-state index in [9.17, 15) is 9.59 Å². The first-order chi connectivity index (χ1) is 15.8. The number of benzene rings is 3. The highest BCUT2D eigenvalue weighted by Crippen LogP contribution is 2.36. The second-order valence-corrected chi connectivity index (χ2v) is 8.37. The van der Waals surface area contributed by atoms with Crippen LogP contribution in [0, 0.1) is 27.7 Å². The number of rotatable bonds is 6. The standard InChI is InChI=1S/C28H28N2O3/c1-6-33-23-12-9-21(10-13-23)29-26-25(24-14-7-17(2)15-20(24)5)27(31)30(28(26)32)22-11-8-18(3)19(4)16-22/h7-16,29H,6H2,1-5H3. The van der Waals surface area contributed by atoms with E-state index in [0.717, 1.165) is 33.6 Å². The summed E-state index contributed by atoms with van der Waals surface area (Å²) in [6.07, 6.45) is 0. The summed E-state index contributed by atoms with van der Waals surface area (Å²) in [5.41, 5.74) is 6.84. The topological polar surface area (TPSA) is 58.6 Å². The van der Waals surface area contributed by atoms with E-state index in [1.165, 1.54) is 4.90 Å². The Hall–Kier alpha value is -3.86. The molecule has 0 aromatic heterocycles. The average Bonchev–Trinajstić information content (AvgIpc) is 3.01. The van der Waals surface area contributed by atoms with Crippen molar-refractivity contribution >= 4 is 28.8 Å². The molecule has 0 bridgehead atoms. The number of hydrogen-bond donors (Lipinski definition) is 1. The van der Waals surface area contributed by atoms with Crippen LogP contribution in [0.15, 0.2) is 66.4 Å². The number of hydrogen-bond acceptors (Lipinski definition) is 4. The van der Waals surface area contributed by atoms with Crippen molar-refractivity contribution in [1.29, 1.82) is 0 Å². The molecule has 1 aliphatic heterocycles. The Labute approximate surface area is 194 Å². The molecule has 0 radical (unpaired) electrons. The van der Waals surface area contributed by atoms with E-state index < -0.39 is 0 Å². The van der Waals surface area contributed by atoms with E-state index in [0.29, 0.717) is 23.6 Å². The van der Waals surface area contributed by atoms with Crippen molar-refractivity contribution < 1.29 is 14.3 Å². The monoisotopic (exact) mass is 440 g/mol. The van der Waals surface area contributed by atoms with Crippen LogP contribution in [0.25, 0.3) is 5.57 Å². The molecule has 1 heterocycles. The van der Waals surface area contributed by atoms with Crippen molar-refractivity contribution in [2.24, 2.45) is 0 Å². The summed E-state index contributed by atoms with van der Waals surface area (Å²) in [6, 6.07) is 18.9. The van der Waals surface area contributed by atoms with Gasteiger partial charge in [-0.1, -0.05) is 29.8 Å². The molecule has 1 N–H and O–H groups in total. The maximum atomic E-state index is 13.7. The fourth-order valence-electron chi connectivity index (χ4n) is 4.03. The molecule has 2 amide bonds. The van der Waals surface area contributed by atoms with Gasteiger partial charge in [0, 0.05) is 5.69 Å². The summed E-state index contributed by atoms with van der Waals surface area (Å²) < 4.78 is 5.51. The smallest absolute Gasteiger partial charge is 0.282 e. The number of nitrogens with zero attached hydrogens (tertiary/aromatic N) is 1. The summed E-state index contributed by atoms with van der Waals surface area (Å²) in [5, 5.41) is 3.22. The molecular formula is C28H28N2O3. The lowest BCUT2D eigenvalue weighted by Gasteiger charge is -2.17. The van der Waals surface area contributed by atoms with E-state index >= 15 is 0 Å². The van der Waals surface area contributed by atoms with Gasteiger partial charge in [-0.2, -0.15) is 0 Å². The number of ether oxygens (including phenoxy) is 1. The van der Waals surface area contributed by atoms with E-state index in [4.69, 9.17) is 4.74 Å². The van der Waals surface area contributed by atoms with Crippen LogP contribution in [0.1, 0.15) is 34.7 Å². The van der Waals surface area contributed by atoms with E-state index in [1.54, 1.807) is 0 Å². The molecule has 3 aromatic rings. The van der Waals surface area contributed by atoms with Crippen LogP contribution >= 0.6 is 0 Å². The van der Waals surface area contributed by atoms with Crippen LogP contribution in [0.2, 0.25) is 0 Å². The van der Waals surface area contributed by atoms with Crippen LogP contribution in [0.3, 0.4) is 0 Å². The first-order valence-electron chi connectivity index (χ1n) is 11.1. The fourth-order valence-corrected chi connectivity index (χ4v) is 4.03. The van der Waals surface area contributed by atoms with E-state index in [2.05, 4.69) is 5.32 Å². The number of amides is 2. The van der Waals surface area contributed by atoms with Crippen LogP contribution in [-0.4, -0.2) is 18.4 Å². The zero-order valence-electron chi connectivity index (χ0n) is 19.7. The van der Waals surface area contributed by atoms with Gasteiger partial charge in [0.15, 0.2) is 0 Å². The minimum Gasteiger partial charge on any atom is -0.494 e. The lowest BCUT2D eigenvalue weighted by molar-refractivity contribution is -0.120. The Kier molecular flexibility index (Phi) is 6.05. The number of carbonyl (C=O) groups excluding carboxylic acids is 2. The van der Waals surface area contributed by atoms with Crippen molar-refractivity contribution in [3.8, 4) is 5.75 Å². The average molecular weight is 441 g/mol. The van der Waals surface area contributed by atoms with Gasteiger partial charge in [-0.05, 0) is 93.3 Å². The van der Waals surface area contributed by atoms with Gasteiger partial charge in [-0.3, -0.25) is 9.59 Å².